The van der Waals surface area contributed by atoms with Gasteiger partial charge >= 0.3 is 7.12 Å². The van der Waals surface area contributed by atoms with Crippen LogP contribution >= 0.6 is 0 Å². The van der Waals surface area contributed by atoms with Crippen molar-refractivity contribution in [1.29, 1.82) is 5.26 Å². The Hall–Kier alpha value is -1.64. The third-order valence-electron chi connectivity index (χ3n) is 3.83. The SMILES string of the molecule is CC1(C)OB(/C=C/c2ccc(CC#N)nc2)OC1(C)C. The van der Waals surface area contributed by atoms with E-state index in [9.17, 15) is 0 Å². The minimum Gasteiger partial charge on any atom is -0.400 e. The first-order valence-corrected chi connectivity index (χ1v) is 6.70. The molecule has 0 aromatic carbocycles. The van der Waals surface area contributed by atoms with Crippen molar-refractivity contribution in [3.8, 4) is 6.07 Å². The molecule has 20 heavy (non-hydrogen) atoms. The van der Waals surface area contributed by atoms with Gasteiger partial charge in [0, 0.05) is 6.20 Å². The predicted octanol–water partition coefficient (Wildman–Crippen LogP) is 2.79. The maximum atomic E-state index is 8.60. The number of nitriles is 1. The summed E-state index contributed by atoms with van der Waals surface area (Å²) in [5, 5.41) is 8.60. The Morgan fingerprint density at radius 3 is 2.40 bits per heavy atom. The van der Waals surface area contributed by atoms with Gasteiger partial charge in [0.1, 0.15) is 0 Å². The zero-order valence-corrected chi connectivity index (χ0v) is 12.4. The smallest absolute Gasteiger partial charge is 0.400 e. The van der Waals surface area contributed by atoms with E-state index in [4.69, 9.17) is 14.6 Å². The van der Waals surface area contributed by atoms with Crippen LogP contribution in [-0.4, -0.2) is 23.3 Å². The van der Waals surface area contributed by atoms with Crippen LogP contribution in [0.1, 0.15) is 39.0 Å². The van der Waals surface area contributed by atoms with Crippen molar-refractivity contribution in [2.24, 2.45) is 0 Å². The largest absolute Gasteiger partial charge is 0.487 e. The highest BCUT2D eigenvalue weighted by molar-refractivity contribution is 6.52. The summed E-state index contributed by atoms with van der Waals surface area (Å²) < 4.78 is 11.8. The maximum absolute atomic E-state index is 8.60. The van der Waals surface area contributed by atoms with E-state index in [1.807, 2.05) is 51.9 Å². The Morgan fingerprint density at radius 1 is 1.25 bits per heavy atom. The molecule has 0 N–H and O–H groups in total. The van der Waals surface area contributed by atoms with Crippen molar-refractivity contribution in [2.75, 3.05) is 0 Å². The van der Waals surface area contributed by atoms with Crippen LogP contribution in [0, 0.1) is 11.3 Å². The zero-order chi connectivity index (χ0) is 14.8. The Bertz CT molecular complexity index is 528. The van der Waals surface area contributed by atoms with Crippen molar-refractivity contribution in [3.05, 3.63) is 35.6 Å². The van der Waals surface area contributed by atoms with Gasteiger partial charge in [0.05, 0.1) is 29.4 Å². The predicted molar refractivity (Wildman–Crippen MR) is 78.7 cm³/mol. The first-order chi connectivity index (χ1) is 9.34. The fraction of sp³-hybridized carbons (Fsp3) is 0.467. The van der Waals surface area contributed by atoms with Gasteiger partial charge in [0.2, 0.25) is 0 Å². The van der Waals surface area contributed by atoms with Crippen LogP contribution in [0.2, 0.25) is 0 Å². The van der Waals surface area contributed by atoms with Crippen LogP contribution in [0.3, 0.4) is 0 Å². The van der Waals surface area contributed by atoms with Gasteiger partial charge in [-0.1, -0.05) is 18.1 Å². The lowest BCUT2D eigenvalue weighted by molar-refractivity contribution is 0.00578. The molecule has 2 rings (SSSR count). The van der Waals surface area contributed by atoms with E-state index < -0.39 is 0 Å². The Balaban J connectivity index is 2.02. The first-order valence-electron chi connectivity index (χ1n) is 6.70. The minimum atomic E-state index is -0.348. The van der Waals surface area contributed by atoms with Gasteiger partial charge in [0.25, 0.3) is 0 Å². The molecule has 1 aromatic heterocycles. The number of hydrogen-bond acceptors (Lipinski definition) is 4. The molecule has 0 aliphatic carbocycles. The molecule has 1 aliphatic heterocycles. The van der Waals surface area contributed by atoms with Crippen LogP contribution in [0.4, 0.5) is 0 Å². The molecule has 0 saturated carbocycles. The second kappa shape index (κ2) is 5.39. The number of rotatable bonds is 3. The van der Waals surface area contributed by atoms with Gasteiger partial charge in [-0.05, 0) is 39.3 Å². The molecule has 4 nitrogen and oxygen atoms in total. The molecule has 0 unspecified atom stereocenters. The lowest BCUT2D eigenvalue weighted by Gasteiger charge is -2.32. The van der Waals surface area contributed by atoms with E-state index in [2.05, 4.69) is 11.1 Å². The van der Waals surface area contributed by atoms with Crippen molar-refractivity contribution < 1.29 is 9.31 Å². The Kier molecular flexibility index (Phi) is 3.98. The molecule has 0 bridgehead atoms. The summed E-state index contributed by atoms with van der Waals surface area (Å²) in [6.07, 6.45) is 4.00. The van der Waals surface area contributed by atoms with Gasteiger partial charge in [-0.3, -0.25) is 4.98 Å². The van der Waals surface area contributed by atoms with E-state index in [1.54, 1.807) is 6.20 Å². The summed E-state index contributed by atoms with van der Waals surface area (Å²) >= 11 is 0. The second-order valence-corrected chi connectivity index (χ2v) is 5.90. The van der Waals surface area contributed by atoms with Gasteiger partial charge in [-0.15, -0.1) is 0 Å². The quantitative estimate of drug-likeness (QED) is 0.792. The van der Waals surface area contributed by atoms with Crippen molar-refractivity contribution in [1.82, 2.24) is 4.98 Å². The summed E-state index contributed by atoms with van der Waals surface area (Å²) in [5.74, 6) is 1.89. The molecule has 5 heteroatoms. The Morgan fingerprint density at radius 2 is 1.90 bits per heavy atom. The molecule has 0 amide bonds. The van der Waals surface area contributed by atoms with Crippen LogP contribution in [0.15, 0.2) is 24.3 Å². The summed E-state index contributed by atoms with van der Waals surface area (Å²) in [6.45, 7) is 8.11. The maximum Gasteiger partial charge on any atom is 0.487 e. The van der Waals surface area contributed by atoms with Gasteiger partial charge in [0.15, 0.2) is 0 Å². The molecule has 2 heterocycles. The highest BCUT2D eigenvalue weighted by Gasteiger charge is 2.49. The van der Waals surface area contributed by atoms with E-state index in [1.165, 1.54) is 0 Å². The summed E-state index contributed by atoms with van der Waals surface area (Å²) in [5.41, 5.74) is 1.09. The van der Waals surface area contributed by atoms with E-state index in [0.29, 0.717) is 6.42 Å². The topological polar surface area (TPSA) is 55.1 Å². The molecule has 0 spiro atoms. The number of pyridine rings is 1. The number of nitrogens with zero attached hydrogens (tertiary/aromatic N) is 2. The van der Waals surface area contributed by atoms with E-state index in [0.717, 1.165) is 11.3 Å². The third-order valence-corrected chi connectivity index (χ3v) is 3.83. The molecule has 1 aromatic rings. The summed E-state index contributed by atoms with van der Waals surface area (Å²) in [7, 11) is -0.348. The van der Waals surface area contributed by atoms with Crippen LogP contribution in [-0.2, 0) is 15.7 Å². The highest BCUT2D eigenvalue weighted by Crippen LogP contribution is 2.36. The highest BCUT2D eigenvalue weighted by atomic mass is 16.7. The standard InChI is InChI=1S/C15H19BN2O2/c1-14(2)15(3,4)20-16(19-14)9-7-12-5-6-13(8-10-17)18-11-12/h5-7,9,11H,8H2,1-4H3/b9-7+. The summed E-state index contributed by atoms with van der Waals surface area (Å²) in [6, 6.07) is 5.86. The van der Waals surface area contributed by atoms with Crippen LogP contribution < -0.4 is 0 Å². The fourth-order valence-electron chi connectivity index (χ4n) is 1.88. The molecule has 1 aliphatic rings. The zero-order valence-electron chi connectivity index (χ0n) is 12.4. The molecule has 0 radical (unpaired) electrons. The normalized spacial score (nSPS) is 20.2. The first kappa shape index (κ1) is 14.8. The molecule has 1 fully saturated rings. The molecule has 0 atom stereocenters. The second-order valence-electron chi connectivity index (χ2n) is 5.90. The van der Waals surface area contributed by atoms with Crippen molar-refractivity contribution >= 4 is 13.2 Å². The van der Waals surface area contributed by atoms with Crippen molar-refractivity contribution in [2.45, 2.75) is 45.3 Å². The molecular formula is C15H19BN2O2. The van der Waals surface area contributed by atoms with Gasteiger partial charge in [-0.2, -0.15) is 5.26 Å². The number of hydrogen-bond donors (Lipinski definition) is 0. The molecular weight excluding hydrogens is 251 g/mol. The monoisotopic (exact) mass is 270 g/mol. The minimum absolute atomic E-state index is 0.323. The van der Waals surface area contributed by atoms with Crippen molar-refractivity contribution in [3.63, 3.8) is 0 Å². The average molecular weight is 270 g/mol. The van der Waals surface area contributed by atoms with E-state index >= 15 is 0 Å². The Labute approximate surface area is 120 Å². The van der Waals surface area contributed by atoms with Gasteiger partial charge in [-0.25, -0.2) is 0 Å². The third kappa shape index (κ3) is 3.09. The van der Waals surface area contributed by atoms with Crippen LogP contribution in [0.25, 0.3) is 6.08 Å². The van der Waals surface area contributed by atoms with Gasteiger partial charge < -0.3 is 9.31 Å². The molecule has 1 saturated heterocycles. The average Bonchev–Trinajstić information content (AvgIpc) is 2.57. The van der Waals surface area contributed by atoms with E-state index in [-0.39, 0.29) is 18.3 Å². The summed E-state index contributed by atoms with van der Waals surface area (Å²) in [4.78, 5) is 4.22. The number of aromatic nitrogens is 1. The fourth-order valence-corrected chi connectivity index (χ4v) is 1.88. The lowest BCUT2D eigenvalue weighted by Crippen LogP contribution is -2.41. The molecule has 104 valence electrons. The lowest BCUT2D eigenvalue weighted by atomic mass is 9.89. The van der Waals surface area contributed by atoms with Crippen LogP contribution in [0.5, 0.6) is 0 Å².